The summed E-state index contributed by atoms with van der Waals surface area (Å²) in [5.74, 6) is 2.21. The number of nitrogens with one attached hydrogen (secondary N) is 1. The first-order valence-corrected chi connectivity index (χ1v) is 12.8. The largest absolute Gasteiger partial charge is 0.396 e. The summed E-state index contributed by atoms with van der Waals surface area (Å²) in [6.07, 6.45) is 15.6. The molecule has 0 spiro atoms. The maximum absolute atomic E-state index is 9.73. The Morgan fingerprint density at radius 2 is 1.91 bits per heavy atom. The number of piperidine rings is 1. The van der Waals surface area contributed by atoms with E-state index >= 15 is 0 Å². The standard InChI is InChI=1S/C27H31N5O.C2H6/c1-3-19-6-4-7-23-24(14-19)31-26(30-23)21-8-10-22(28-16-21)20-9-11-25(29-15-20)32-13-5-12-27(2,17-32)18-33;1-2/h4,6-11,14-16,19,33H,3,5,12-13,17-18H2,1-2H3,(H,30,31);1-2H3. The number of aliphatic hydroxyl groups is 1. The minimum Gasteiger partial charge on any atom is -0.396 e. The number of aromatic nitrogens is 4. The Labute approximate surface area is 208 Å². The van der Waals surface area contributed by atoms with E-state index in [-0.39, 0.29) is 12.0 Å². The van der Waals surface area contributed by atoms with Crippen LogP contribution >= 0.6 is 0 Å². The first kappa shape index (κ1) is 24.9. The van der Waals surface area contributed by atoms with Gasteiger partial charge in [0.05, 0.1) is 23.0 Å². The van der Waals surface area contributed by atoms with Crippen LogP contribution in [0.25, 0.3) is 34.8 Å². The number of anilines is 1. The van der Waals surface area contributed by atoms with Crippen LogP contribution in [0.3, 0.4) is 0 Å². The van der Waals surface area contributed by atoms with Gasteiger partial charge in [0.1, 0.15) is 11.6 Å². The molecule has 35 heavy (non-hydrogen) atoms. The van der Waals surface area contributed by atoms with Crippen LogP contribution in [0.2, 0.25) is 0 Å². The topological polar surface area (TPSA) is 77.9 Å². The van der Waals surface area contributed by atoms with Gasteiger partial charge in [0, 0.05) is 42.0 Å². The van der Waals surface area contributed by atoms with Crippen molar-refractivity contribution in [3.8, 4) is 22.6 Å². The maximum atomic E-state index is 9.73. The Morgan fingerprint density at radius 1 is 1.11 bits per heavy atom. The average molecular weight is 472 g/mol. The van der Waals surface area contributed by atoms with Gasteiger partial charge in [-0.05, 0) is 61.6 Å². The van der Waals surface area contributed by atoms with E-state index in [1.807, 2.05) is 32.3 Å². The normalized spacial score (nSPS) is 21.2. The van der Waals surface area contributed by atoms with Crippen molar-refractivity contribution >= 4 is 18.0 Å². The van der Waals surface area contributed by atoms with Crippen LogP contribution < -0.4 is 15.6 Å². The van der Waals surface area contributed by atoms with Crippen LogP contribution in [-0.2, 0) is 0 Å². The van der Waals surface area contributed by atoms with E-state index in [2.05, 4.69) is 71.2 Å². The van der Waals surface area contributed by atoms with Crippen LogP contribution in [0, 0.1) is 11.3 Å². The molecule has 0 amide bonds. The highest BCUT2D eigenvalue weighted by Crippen LogP contribution is 2.31. The molecule has 184 valence electrons. The summed E-state index contributed by atoms with van der Waals surface area (Å²) in [7, 11) is 0. The molecule has 0 aromatic carbocycles. The molecular formula is C29H37N5O. The minimum absolute atomic E-state index is 0.0521. The van der Waals surface area contributed by atoms with E-state index in [4.69, 9.17) is 9.97 Å². The van der Waals surface area contributed by atoms with Gasteiger partial charge in [0.15, 0.2) is 0 Å². The highest BCUT2D eigenvalue weighted by atomic mass is 16.3. The van der Waals surface area contributed by atoms with Crippen molar-refractivity contribution < 1.29 is 5.11 Å². The zero-order valence-electron chi connectivity index (χ0n) is 21.3. The molecule has 6 heteroatoms. The van der Waals surface area contributed by atoms with Crippen molar-refractivity contribution in [1.29, 1.82) is 0 Å². The number of nitrogens with zero attached hydrogens (tertiary/aromatic N) is 4. The summed E-state index contributed by atoms with van der Waals surface area (Å²) < 4.78 is 0. The van der Waals surface area contributed by atoms with Crippen LogP contribution in [0.1, 0.15) is 47.0 Å². The van der Waals surface area contributed by atoms with Crippen LogP contribution in [0.5, 0.6) is 0 Å². The Balaban J connectivity index is 0.00000141. The molecule has 3 aromatic rings. The minimum atomic E-state index is -0.0521. The summed E-state index contributed by atoms with van der Waals surface area (Å²) >= 11 is 0. The molecule has 5 rings (SSSR count). The quantitative estimate of drug-likeness (QED) is 0.580. The van der Waals surface area contributed by atoms with Gasteiger partial charge in [0.25, 0.3) is 0 Å². The lowest BCUT2D eigenvalue weighted by Gasteiger charge is -2.40. The molecule has 1 fully saturated rings. The van der Waals surface area contributed by atoms with Crippen molar-refractivity contribution in [2.45, 2.75) is 47.0 Å². The predicted octanol–water partition coefficient (Wildman–Crippen LogP) is 4.32. The fourth-order valence-electron chi connectivity index (χ4n) is 4.67. The lowest BCUT2D eigenvalue weighted by molar-refractivity contribution is 0.123. The first-order valence-electron chi connectivity index (χ1n) is 12.8. The average Bonchev–Trinajstić information content (AvgIpc) is 3.21. The van der Waals surface area contributed by atoms with Crippen LogP contribution in [-0.4, -0.2) is 44.7 Å². The monoisotopic (exact) mass is 471 g/mol. The van der Waals surface area contributed by atoms with E-state index in [1.54, 1.807) is 0 Å². The van der Waals surface area contributed by atoms with Crippen molar-refractivity contribution in [3.63, 3.8) is 0 Å². The Morgan fingerprint density at radius 3 is 2.60 bits per heavy atom. The van der Waals surface area contributed by atoms with E-state index in [0.717, 1.165) is 71.5 Å². The number of imidazole rings is 1. The van der Waals surface area contributed by atoms with Crippen LogP contribution in [0.4, 0.5) is 5.82 Å². The lowest BCUT2D eigenvalue weighted by Crippen LogP contribution is -2.44. The number of H-pyrrole nitrogens is 1. The number of allylic oxidation sites excluding steroid dienone is 2. The van der Waals surface area contributed by atoms with E-state index in [1.165, 1.54) is 0 Å². The van der Waals surface area contributed by atoms with Crippen molar-refractivity contribution in [2.24, 2.45) is 11.3 Å². The van der Waals surface area contributed by atoms with Gasteiger partial charge in [-0.1, -0.05) is 39.8 Å². The van der Waals surface area contributed by atoms with E-state index in [9.17, 15) is 5.11 Å². The Kier molecular flexibility index (Phi) is 7.81. The number of rotatable bonds is 5. The molecule has 1 aliphatic heterocycles. The highest BCUT2D eigenvalue weighted by Gasteiger charge is 2.30. The summed E-state index contributed by atoms with van der Waals surface area (Å²) in [5, 5.41) is 11.8. The van der Waals surface area contributed by atoms with Gasteiger partial charge in [0.2, 0.25) is 0 Å². The summed E-state index contributed by atoms with van der Waals surface area (Å²) in [5.41, 5.74) is 2.78. The second-order valence-electron chi connectivity index (χ2n) is 9.51. The van der Waals surface area contributed by atoms with Crippen LogP contribution in [0.15, 0.2) is 48.8 Å². The second kappa shape index (κ2) is 11.0. The third kappa shape index (κ3) is 5.54. The number of hydrogen-bond donors (Lipinski definition) is 2. The Hall–Kier alpha value is -3.25. The predicted molar refractivity (Wildman–Crippen MR) is 144 cm³/mol. The molecule has 2 atom stereocenters. The lowest BCUT2D eigenvalue weighted by atomic mass is 9.83. The second-order valence-corrected chi connectivity index (χ2v) is 9.51. The van der Waals surface area contributed by atoms with Gasteiger partial charge in [-0.25, -0.2) is 9.97 Å². The van der Waals surface area contributed by atoms with E-state index in [0.29, 0.717) is 5.92 Å². The van der Waals surface area contributed by atoms with Gasteiger partial charge in [-0.15, -0.1) is 0 Å². The molecule has 4 heterocycles. The van der Waals surface area contributed by atoms with Gasteiger partial charge >= 0.3 is 0 Å². The molecule has 6 nitrogen and oxygen atoms in total. The molecule has 2 N–H and O–H groups in total. The van der Waals surface area contributed by atoms with Gasteiger partial charge in [-0.3, -0.25) is 4.98 Å². The van der Waals surface area contributed by atoms with Gasteiger partial charge in [-0.2, -0.15) is 0 Å². The third-order valence-corrected chi connectivity index (χ3v) is 6.79. The number of hydrogen-bond acceptors (Lipinski definition) is 5. The van der Waals surface area contributed by atoms with Crippen molar-refractivity contribution in [1.82, 2.24) is 19.9 Å². The Bertz CT molecular complexity index is 1260. The summed E-state index contributed by atoms with van der Waals surface area (Å²) in [6.45, 7) is 10.4. The molecule has 2 unspecified atom stereocenters. The zero-order chi connectivity index (χ0) is 24.8. The highest BCUT2D eigenvalue weighted by molar-refractivity contribution is 5.64. The maximum Gasteiger partial charge on any atom is 0.140 e. The molecular weight excluding hydrogens is 434 g/mol. The summed E-state index contributed by atoms with van der Waals surface area (Å²) in [4.78, 5) is 19.9. The molecule has 2 aliphatic rings. The molecule has 1 aliphatic carbocycles. The zero-order valence-corrected chi connectivity index (χ0v) is 21.3. The summed E-state index contributed by atoms with van der Waals surface area (Å²) in [6, 6.07) is 8.21. The fraction of sp³-hybridized carbons (Fsp3) is 0.414. The number of aromatic amines is 1. The molecule has 1 saturated heterocycles. The third-order valence-electron chi connectivity index (χ3n) is 6.79. The number of aliphatic hydroxyl groups excluding tert-OH is 1. The smallest absolute Gasteiger partial charge is 0.140 e. The van der Waals surface area contributed by atoms with Gasteiger partial charge < -0.3 is 15.0 Å². The number of pyridine rings is 2. The van der Waals surface area contributed by atoms with E-state index < -0.39 is 0 Å². The van der Waals surface area contributed by atoms with Crippen molar-refractivity contribution in [2.75, 3.05) is 24.6 Å². The molecule has 0 saturated carbocycles. The first-order chi connectivity index (χ1) is 17.1. The SMILES string of the molecule is CC.CCC1C=CC=c2[nH]c(-c3ccc(-c4ccc(N5CCCC(C)(CO)C5)nc4)nc3)nc2=C1. The van der Waals surface area contributed by atoms with Crippen molar-refractivity contribution in [3.05, 3.63) is 59.5 Å². The molecule has 3 aromatic heterocycles. The number of fused-ring (bicyclic) bond motifs is 1. The molecule has 0 bridgehead atoms. The molecule has 0 radical (unpaired) electrons. The fourth-order valence-corrected chi connectivity index (χ4v) is 4.67.